The van der Waals surface area contributed by atoms with Gasteiger partial charge in [0.05, 0.1) is 13.1 Å². The topological polar surface area (TPSA) is 51.8 Å². The minimum Gasteiger partial charge on any atom is -0.383 e. The lowest BCUT2D eigenvalue weighted by Crippen LogP contribution is -1.97. The van der Waals surface area contributed by atoms with Gasteiger partial charge in [0.25, 0.3) is 0 Å². The molecular weight excluding hydrogens is 413 g/mol. The Balaban J connectivity index is 2.26. The fourth-order valence-electron chi connectivity index (χ4n) is 1.74. The Labute approximate surface area is 135 Å². The second kappa shape index (κ2) is 5.01. The molecule has 0 radical (unpaired) electrons. The summed E-state index contributed by atoms with van der Waals surface area (Å²) >= 11 is 14.5. The van der Waals surface area contributed by atoms with Crippen LogP contribution in [0.5, 0.6) is 0 Å². The molecule has 96 valence electrons. The summed E-state index contributed by atoms with van der Waals surface area (Å²) in [5.74, 6) is 1.03. The van der Waals surface area contributed by atoms with E-state index in [-0.39, 0.29) is 0 Å². The molecule has 0 atom stereocenters. The summed E-state index contributed by atoms with van der Waals surface area (Å²) < 4.78 is 1.97. The zero-order chi connectivity index (χ0) is 13.6. The first-order chi connectivity index (χ1) is 9.04. The lowest BCUT2D eigenvalue weighted by atomic mass is 10.2. The zero-order valence-corrected chi connectivity index (χ0v) is 14.1. The third-order valence-electron chi connectivity index (χ3n) is 2.58. The standard InChI is InChI=1S/C12H6Br2ClN3S/c13-9-4-7(10(14)19-9)12-17-8-2-1-5(15)3-6(8)11(16)18-12/h1-4H,(H2,16,17,18). The molecule has 19 heavy (non-hydrogen) atoms. The largest absolute Gasteiger partial charge is 0.383 e. The smallest absolute Gasteiger partial charge is 0.164 e. The predicted octanol–water partition coefficient (Wildman–Crippen LogP) is 5.12. The number of thiophene rings is 1. The molecule has 2 aromatic heterocycles. The molecule has 0 spiro atoms. The van der Waals surface area contributed by atoms with Gasteiger partial charge in [-0.2, -0.15) is 0 Å². The van der Waals surface area contributed by atoms with Crippen molar-refractivity contribution in [2.75, 3.05) is 5.73 Å². The van der Waals surface area contributed by atoms with E-state index in [2.05, 4.69) is 41.8 Å². The second-order valence-corrected chi connectivity index (χ2v) is 8.02. The van der Waals surface area contributed by atoms with Crippen LogP contribution in [-0.2, 0) is 0 Å². The lowest BCUT2D eigenvalue weighted by molar-refractivity contribution is 1.24. The van der Waals surface area contributed by atoms with Gasteiger partial charge in [-0.05, 0) is 56.1 Å². The van der Waals surface area contributed by atoms with E-state index < -0.39 is 0 Å². The van der Waals surface area contributed by atoms with E-state index in [4.69, 9.17) is 17.3 Å². The minimum atomic E-state index is 0.428. The fourth-order valence-corrected chi connectivity index (χ4v) is 4.70. The van der Waals surface area contributed by atoms with Crippen LogP contribution in [0.25, 0.3) is 22.3 Å². The molecule has 0 unspecified atom stereocenters. The number of hydrogen-bond donors (Lipinski definition) is 1. The molecule has 0 fully saturated rings. The van der Waals surface area contributed by atoms with Crippen molar-refractivity contribution in [3.8, 4) is 11.4 Å². The molecule has 0 bridgehead atoms. The van der Waals surface area contributed by atoms with Crippen LogP contribution in [0.15, 0.2) is 31.8 Å². The van der Waals surface area contributed by atoms with Gasteiger partial charge in [0, 0.05) is 16.0 Å². The van der Waals surface area contributed by atoms with Crippen LogP contribution in [0.1, 0.15) is 0 Å². The van der Waals surface area contributed by atoms with Gasteiger partial charge in [0.2, 0.25) is 0 Å². The maximum Gasteiger partial charge on any atom is 0.164 e. The highest BCUT2D eigenvalue weighted by atomic mass is 79.9. The monoisotopic (exact) mass is 417 g/mol. The summed E-state index contributed by atoms with van der Waals surface area (Å²) in [7, 11) is 0. The SMILES string of the molecule is Nc1nc(-c2cc(Br)sc2Br)nc2ccc(Cl)cc12. The highest BCUT2D eigenvalue weighted by molar-refractivity contribution is 9.12. The molecular formula is C12H6Br2ClN3S. The van der Waals surface area contributed by atoms with Gasteiger partial charge in [-0.25, -0.2) is 9.97 Å². The van der Waals surface area contributed by atoms with Gasteiger partial charge in [0.15, 0.2) is 5.82 Å². The maximum absolute atomic E-state index is 5.99. The molecule has 3 rings (SSSR count). The summed E-state index contributed by atoms with van der Waals surface area (Å²) in [6, 6.07) is 7.37. The molecule has 0 aliphatic rings. The summed E-state index contributed by atoms with van der Waals surface area (Å²) in [4.78, 5) is 8.88. The third-order valence-corrected chi connectivity index (χ3v) is 5.16. The Morgan fingerprint density at radius 1 is 1.16 bits per heavy atom. The number of anilines is 1. The molecule has 0 saturated carbocycles. The molecule has 7 heteroatoms. The number of benzene rings is 1. The molecule has 0 aliphatic carbocycles. The van der Waals surface area contributed by atoms with E-state index in [0.29, 0.717) is 16.7 Å². The van der Waals surface area contributed by atoms with E-state index in [1.165, 1.54) is 0 Å². The van der Waals surface area contributed by atoms with Crippen molar-refractivity contribution >= 4 is 71.5 Å². The van der Waals surface area contributed by atoms with Crippen LogP contribution >= 0.6 is 54.8 Å². The van der Waals surface area contributed by atoms with Crippen LogP contribution in [0.4, 0.5) is 5.82 Å². The van der Waals surface area contributed by atoms with Crippen LogP contribution < -0.4 is 5.73 Å². The lowest BCUT2D eigenvalue weighted by Gasteiger charge is -2.05. The Hall–Kier alpha value is -0.690. The predicted molar refractivity (Wildman–Crippen MR) is 87.7 cm³/mol. The van der Waals surface area contributed by atoms with E-state index in [0.717, 1.165) is 24.0 Å². The normalized spacial score (nSPS) is 11.1. The molecule has 0 amide bonds. The molecule has 2 N–H and O–H groups in total. The Kier molecular flexibility index (Phi) is 3.51. The van der Waals surface area contributed by atoms with E-state index in [1.54, 1.807) is 23.5 Å². The van der Waals surface area contributed by atoms with Crippen LogP contribution in [0.2, 0.25) is 5.02 Å². The minimum absolute atomic E-state index is 0.428. The first-order valence-electron chi connectivity index (χ1n) is 5.22. The summed E-state index contributed by atoms with van der Waals surface area (Å²) in [5.41, 5.74) is 7.68. The molecule has 1 aromatic carbocycles. The third kappa shape index (κ3) is 2.50. The van der Waals surface area contributed by atoms with Crippen LogP contribution in [0.3, 0.4) is 0 Å². The number of fused-ring (bicyclic) bond motifs is 1. The first-order valence-corrected chi connectivity index (χ1v) is 8.00. The second-order valence-electron chi connectivity index (χ2n) is 3.83. The number of rotatable bonds is 1. The Bertz CT molecular complexity index is 788. The first kappa shape index (κ1) is 13.3. The molecule has 0 saturated heterocycles. The van der Waals surface area contributed by atoms with E-state index in [9.17, 15) is 0 Å². The van der Waals surface area contributed by atoms with Crippen molar-refractivity contribution in [1.29, 1.82) is 0 Å². The number of aromatic nitrogens is 2. The van der Waals surface area contributed by atoms with Gasteiger partial charge < -0.3 is 5.73 Å². The van der Waals surface area contributed by atoms with Crippen molar-refractivity contribution in [2.45, 2.75) is 0 Å². The van der Waals surface area contributed by atoms with Gasteiger partial charge in [-0.3, -0.25) is 0 Å². The highest BCUT2D eigenvalue weighted by Crippen LogP contribution is 2.38. The summed E-state index contributed by atoms with van der Waals surface area (Å²) in [5, 5.41) is 1.39. The quantitative estimate of drug-likeness (QED) is 0.596. The Morgan fingerprint density at radius 3 is 2.63 bits per heavy atom. The van der Waals surface area contributed by atoms with Crippen molar-refractivity contribution in [3.05, 3.63) is 36.9 Å². The molecule has 3 nitrogen and oxygen atoms in total. The van der Waals surface area contributed by atoms with Crippen molar-refractivity contribution in [2.24, 2.45) is 0 Å². The number of nitrogen functional groups attached to an aromatic ring is 1. The highest BCUT2D eigenvalue weighted by Gasteiger charge is 2.13. The maximum atomic E-state index is 5.99. The number of halogens is 3. The molecule has 2 heterocycles. The van der Waals surface area contributed by atoms with Crippen molar-refractivity contribution < 1.29 is 0 Å². The average Bonchev–Trinajstić information content (AvgIpc) is 2.69. The molecule has 0 aliphatic heterocycles. The molecule has 3 aromatic rings. The van der Waals surface area contributed by atoms with Crippen molar-refractivity contribution in [3.63, 3.8) is 0 Å². The van der Waals surface area contributed by atoms with Gasteiger partial charge in [-0.1, -0.05) is 11.6 Å². The zero-order valence-electron chi connectivity index (χ0n) is 9.32. The van der Waals surface area contributed by atoms with Crippen molar-refractivity contribution in [1.82, 2.24) is 9.97 Å². The van der Waals surface area contributed by atoms with Gasteiger partial charge >= 0.3 is 0 Å². The number of nitrogens with two attached hydrogens (primary N) is 1. The van der Waals surface area contributed by atoms with Gasteiger partial charge in [0.1, 0.15) is 5.82 Å². The average molecular weight is 420 g/mol. The summed E-state index contributed by atoms with van der Waals surface area (Å²) in [6.07, 6.45) is 0. The Morgan fingerprint density at radius 2 is 1.95 bits per heavy atom. The fraction of sp³-hybridized carbons (Fsp3) is 0. The van der Waals surface area contributed by atoms with Gasteiger partial charge in [-0.15, -0.1) is 11.3 Å². The van der Waals surface area contributed by atoms with E-state index >= 15 is 0 Å². The number of nitrogens with zero attached hydrogens (tertiary/aromatic N) is 2. The van der Waals surface area contributed by atoms with Crippen LogP contribution in [-0.4, -0.2) is 9.97 Å². The van der Waals surface area contributed by atoms with Crippen LogP contribution in [0, 0.1) is 0 Å². The summed E-state index contributed by atoms with van der Waals surface area (Å²) in [6.45, 7) is 0. The van der Waals surface area contributed by atoms with E-state index in [1.807, 2.05) is 12.1 Å². The number of hydrogen-bond acceptors (Lipinski definition) is 4.